The predicted molar refractivity (Wildman–Crippen MR) is 138 cm³/mol. The van der Waals surface area contributed by atoms with Gasteiger partial charge in [-0.3, -0.25) is 4.57 Å². The Hall–Kier alpha value is -4.05. The summed E-state index contributed by atoms with van der Waals surface area (Å²) in [6, 6.07) is 18.7. The number of thioether (sulfide) groups is 1. The van der Waals surface area contributed by atoms with Gasteiger partial charge < -0.3 is 15.8 Å². The Labute approximate surface area is 206 Å². The van der Waals surface area contributed by atoms with E-state index >= 15 is 0 Å². The molecule has 4 aromatic rings. The van der Waals surface area contributed by atoms with Crippen LogP contribution in [-0.2, 0) is 19.6 Å². The van der Waals surface area contributed by atoms with Crippen molar-refractivity contribution in [3.8, 4) is 5.75 Å². The highest BCUT2D eigenvalue weighted by atomic mass is 32.2. The lowest BCUT2D eigenvalue weighted by Gasteiger charge is -2.16. The number of pyridine rings is 1. The fourth-order valence-corrected chi connectivity index (χ4v) is 3.95. The first-order chi connectivity index (χ1) is 17.0. The van der Waals surface area contributed by atoms with Crippen LogP contribution in [0.4, 0.5) is 11.8 Å². The Morgan fingerprint density at radius 3 is 2.26 bits per heavy atom. The van der Waals surface area contributed by atoms with Gasteiger partial charge in [-0.15, -0.1) is 11.8 Å². The van der Waals surface area contributed by atoms with Gasteiger partial charge in [-0.2, -0.15) is 4.98 Å². The maximum Gasteiger partial charge on any atom is 0.355 e. The molecule has 2 aromatic carbocycles. The highest BCUT2D eigenvalue weighted by Crippen LogP contribution is 2.16. The normalized spacial score (nSPS) is 10.8. The van der Waals surface area contributed by atoms with E-state index in [1.54, 1.807) is 31.1 Å². The number of nitrogens with two attached hydrogens (primary N) is 1. The van der Waals surface area contributed by atoms with E-state index in [-0.39, 0.29) is 25.6 Å². The van der Waals surface area contributed by atoms with Crippen molar-refractivity contribution in [3.05, 3.63) is 105 Å². The zero-order valence-corrected chi connectivity index (χ0v) is 20.3. The molecule has 0 amide bonds. The number of nitrogens with one attached hydrogen (secondary N) is 1. The summed E-state index contributed by atoms with van der Waals surface area (Å²) >= 11 is 1.63. The molecule has 0 aliphatic rings. The van der Waals surface area contributed by atoms with Crippen molar-refractivity contribution >= 4 is 23.5 Å². The van der Waals surface area contributed by atoms with Crippen LogP contribution in [0.3, 0.4) is 0 Å². The summed E-state index contributed by atoms with van der Waals surface area (Å²) in [5, 5.41) is 3.09. The minimum atomic E-state index is -0.628. The summed E-state index contributed by atoms with van der Waals surface area (Å²) in [5.74, 6) is 1.24. The number of methoxy groups -OCH3 is 1. The average Bonchev–Trinajstić information content (AvgIpc) is 2.88. The zero-order valence-electron chi connectivity index (χ0n) is 19.5. The second kappa shape index (κ2) is 10.9. The van der Waals surface area contributed by atoms with Gasteiger partial charge >= 0.3 is 11.4 Å². The highest BCUT2D eigenvalue weighted by molar-refractivity contribution is 7.98. The molecule has 2 aromatic heterocycles. The molecule has 180 valence electrons. The first-order valence-electron chi connectivity index (χ1n) is 10.9. The number of benzene rings is 2. The second-order valence-corrected chi connectivity index (χ2v) is 8.65. The van der Waals surface area contributed by atoms with Crippen LogP contribution < -0.4 is 27.2 Å². The second-order valence-electron chi connectivity index (χ2n) is 7.77. The van der Waals surface area contributed by atoms with Gasteiger partial charge in [0.05, 0.1) is 20.2 Å². The molecule has 0 radical (unpaired) electrons. The minimum Gasteiger partial charge on any atom is -0.497 e. The third-order valence-corrected chi connectivity index (χ3v) is 6.26. The van der Waals surface area contributed by atoms with E-state index in [0.717, 1.165) is 26.2 Å². The van der Waals surface area contributed by atoms with Gasteiger partial charge in [-0.25, -0.2) is 19.1 Å². The molecule has 4 rings (SSSR count). The van der Waals surface area contributed by atoms with Crippen molar-refractivity contribution in [1.82, 2.24) is 19.1 Å². The number of nitrogens with zero attached hydrogens (tertiary/aromatic N) is 4. The quantitative estimate of drug-likeness (QED) is 0.344. The standard InChI is InChI=1S/C25H26N6O3S/c1-34-20-9-5-17(6-10-20)15-30-23(28-14-19-4-3-13-27-22(19)26)29-24(32)31(25(30)33)16-18-7-11-21(35-2)12-8-18/h3-13H,14-16H2,1-2H3,(H2,26,27)(H,28,29,32). The van der Waals surface area contributed by atoms with E-state index in [1.807, 2.05) is 60.9 Å². The summed E-state index contributed by atoms with van der Waals surface area (Å²) < 4.78 is 7.82. The van der Waals surface area contributed by atoms with Crippen LogP contribution in [0.5, 0.6) is 5.75 Å². The van der Waals surface area contributed by atoms with Crippen molar-refractivity contribution in [2.45, 2.75) is 24.5 Å². The Kier molecular flexibility index (Phi) is 7.51. The van der Waals surface area contributed by atoms with Gasteiger partial charge in [0, 0.05) is 23.2 Å². The predicted octanol–water partition coefficient (Wildman–Crippen LogP) is 2.82. The van der Waals surface area contributed by atoms with Gasteiger partial charge in [0.1, 0.15) is 11.6 Å². The zero-order chi connectivity index (χ0) is 24.8. The lowest BCUT2D eigenvalue weighted by Crippen LogP contribution is -2.43. The maximum absolute atomic E-state index is 13.5. The third-order valence-electron chi connectivity index (χ3n) is 5.51. The largest absolute Gasteiger partial charge is 0.497 e. The third kappa shape index (κ3) is 5.72. The Bertz CT molecular complexity index is 1420. The number of hydrogen-bond acceptors (Lipinski definition) is 8. The number of rotatable bonds is 9. The van der Waals surface area contributed by atoms with E-state index in [1.165, 1.54) is 4.57 Å². The Morgan fingerprint density at radius 1 is 0.971 bits per heavy atom. The van der Waals surface area contributed by atoms with Gasteiger partial charge in [0.15, 0.2) is 0 Å². The first-order valence-corrected chi connectivity index (χ1v) is 12.1. The number of nitrogen functional groups attached to an aromatic ring is 1. The van der Waals surface area contributed by atoms with Crippen molar-refractivity contribution < 1.29 is 4.74 Å². The molecule has 0 fully saturated rings. The van der Waals surface area contributed by atoms with Crippen molar-refractivity contribution in [2.24, 2.45) is 0 Å². The van der Waals surface area contributed by atoms with Crippen molar-refractivity contribution in [3.63, 3.8) is 0 Å². The Balaban J connectivity index is 1.71. The lowest BCUT2D eigenvalue weighted by molar-refractivity contribution is 0.414. The van der Waals surface area contributed by atoms with Crippen LogP contribution in [0.25, 0.3) is 0 Å². The molecule has 9 nitrogen and oxygen atoms in total. The summed E-state index contributed by atoms with van der Waals surface area (Å²) in [4.78, 5) is 35.8. The smallest absolute Gasteiger partial charge is 0.355 e. The maximum atomic E-state index is 13.5. The van der Waals surface area contributed by atoms with E-state index < -0.39 is 11.4 Å². The fraction of sp³-hybridized carbons (Fsp3) is 0.200. The molecule has 0 aliphatic carbocycles. The molecule has 2 heterocycles. The fourth-order valence-electron chi connectivity index (χ4n) is 3.54. The molecular weight excluding hydrogens is 464 g/mol. The van der Waals surface area contributed by atoms with Gasteiger partial charge in [0.2, 0.25) is 5.95 Å². The molecule has 0 bridgehead atoms. The van der Waals surface area contributed by atoms with E-state index in [9.17, 15) is 9.59 Å². The number of hydrogen-bond donors (Lipinski definition) is 2. The molecule has 0 atom stereocenters. The van der Waals surface area contributed by atoms with Crippen LogP contribution in [0, 0.1) is 0 Å². The van der Waals surface area contributed by atoms with E-state index in [4.69, 9.17) is 10.5 Å². The van der Waals surface area contributed by atoms with Crippen LogP contribution in [0.2, 0.25) is 0 Å². The molecule has 3 N–H and O–H groups in total. The molecule has 0 aliphatic heterocycles. The lowest BCUT2D eigenvalue weighted by atomic mass is 10.2. The van der Waals surface area contributed by atoms with Crippen LogP contribution in [0.15, 0.2) is 81.3 Å². The number of ether oxygens (including phenoxy) is 1. The number of aromatic nitrogens is 4. The van der Waals surface area contributed by atoms with Crippen LogP contribution >= 0.6 is 11.8 Å². The summed E-state index contributed by atoms with van der Waals surface area (Å²) in [7, 11) is 1.59. The van der Waals surface area contributed by atoms with E-state index in [0.29, 0.717) is 11.6 Å². The summed E-state index contributed by atoms with van der Waals surface area (Å²) in [6.07, 6.45) is 3.59. The monoisotopic (exact) mass is 490 g/mol. The molecule has 35 heavy (non-hydrogen) atoms. The summed E-state index contributed by atoms with van der Waals surface area (Å²) in [6.45, 7) is 0.596. The molecule has 0 saturated heterocycles. The van der Waals surface area contributed by atoms with Gasteiger partial charge in [-0.1, -0.05) is 30.3 Å². The topological polar surface area (TPSA) is 117 Å². The van der Waals surface area contributed by atoms with Crippen LogP contribution in [0.1, 0.15) is 16.7 Å². The Morgan fingerprint density at radius 2 is 1.63 bits per heavy atom. The molecule has 0 saturated carbocycles. The molecule has 0 spiro atoms. The molecule has 0 unspecified atom stereocenters. The first kappa shape index (κ1) is 24.1. The van der Waals surface area contributed by atoms with Gasteiger partial charge in [0.25, 0.3) is 0 Å². The average molecular weight is 491 g/mol. The van der Waals surface area contributed by atoms with Crippen molar-refractivity contribution in [2.75, 3.05) is 24.4 Å². The van der Waals surface area contributed by atoms with E-state index in [2.05, 4.69) is 15.3 Å². The van der Waals surface area contributed by atoms with Crippen LogP contribution in [-0.4, -0.2) is 32.5 Å². The highest BCUT2D eigenvalue weighted by Gasteiger charge is 2.15. The number of anilines is 2. The SMILES string of the molecule is COc1ccc(Cn2c(NCc3cccnc3N)nc(=O)n(Cc3ccc(SC)cc3)c2=O)cc1. The summed E-state index contributed by atoms with van der Waals surface area (Å²) in [5.41, 5.74) is 7.28. The van der Waals surface area contributed by atoms with Crippen molar-refractivity contribution in [1.29, 1.82) is 0 Å². The van der Waals surface area contributed by atoms with Gasteiger partial charge in [-0.05, 0) is 47.7 Å². The molecular formula is C25H26N6O3S. The molecule has 10 heteroatoms. The minimum absolute atomic E-state index is 0.123.